The second kappa shape index (κ2) is 11.0. The summed E-state index contributed by atoms with van der Waals surface area (Å²) in [5.74, 6) is 1.17. The fourth-order valence-corrected chi connectivity index (χ4v) is 5.77. The quantitative estimate of drug-likeness (QED) is 0.240. The zero-order chi connectivity index (χ0) is 27.6. The molecule has 40 heavy (non-hydrogen) atoms. The maximum atomic E-state index is 11.1. The lowest BCUT2D eigenvalue weighted by atomic mass is 10.0. The molecule has 0 bridgehead atoms. The molecule has 0 aromatic heterocycles. The molecule has 0 radical (unpaired) electrons. The topological polar surface area (TPSA) is 89.5 Å². The van der Waals surface area contributed by atoms with Crippen molar-refractivity contribution in [3.63, 3.8) is 0 Å². The molecule has 0 spiro atoms. The van der Waals surface area contributed by atoms with Crippen molar-refractivity contribution in [1.29, 1.82) is 0 Å². The number of phenols is 2. The molecule has 2 atom stereocenters. The van der Waals surface area contributed by atoms with Crippen molar-refractivity contribution in [2.24, 2.45) is 0 Å². The first-order valence-electron chi connectivity index (χ1n) is 13.5. The predicted octanol–water partition coefficient (Wildman–Crippen LogP) is 5.67. The molecule has 8 nitrogen and oxygen atoms in total. The number of anilines is 2. The summed E-state index contributed by atoms with van der Waals surface area (Å²) in [6.45, 7) is 2.84. The predicted molar refractivity (Wildman–Crippen MR) is 156 cm³/mol. The fraction of sp³-hybridized carbons (Fsp3) is 0.250. The lowest BCUT2D eigenvalue weighted by Crippen LogP contribution is -2.45. The van der Waals surface area contributed by atoms with E-state index >= 15 is 0 Å². The van der Waals surface area contributed by atoms with Crippen molar-refractivity contribution in [2.75, 3.05) is 37.9 Å². The Kier molecular flexibility index (Phi) is 7.11. The monoisotopic (exact) mass is 538 g/mol. The van der Waals surface area contributed by atoms with Gasteiger partial charge in [0.15, 0.2) is 23.0 Å². The highest BCUT2D eigenvalue weighted by Gasteiger charge is 2.33. The number of ether oxygens (including phenoxy) is 2. The Morgan fingerprint density at radius 2 is 1.05 bits per heavy atom. The summed E-state index contributed by atoms with van der Waals surface area (Å²) in [5, 5.41) is 29.4. The second-order valence-electron chi connectivity index (χ2n) is 10.1. The molecule has 2 unspecified atom stereocenters. The van der Waals surface area contributed by atoms with E-state index in [9.17, 15) is 10.2 Å². The second-order valence-corrected chi connectivity index (χ2v) is 10.1. The van der Waals surface area contributed by atoms with Gasteiger partial charge in [-0.3, -0.25) is 9.80 Å². The molecule has 2 heterocycles. The first-order valence-corrected chi connectivity index (χ1v) is 13.5. The van der Waals surface area contributed by atoms with Crippen LogP contribution in [0, 0.1) is 0 Å². The average Bonchev–Trinajstić information content (AvgIpc) is 2.99. The minimum absolute atomic E-state index is 0.139. The van der Waals surface area contributed by atoms with Gasteiger partial charge in [-0.05, 0) is 35.4 Å². The number of para-hydroxylation sites is 4. The van der Waals surface area contributed by atoms with Gasteiger partial charge in [0.25, 0.3) is 0 Å². The van der Waals surface area contributed by atoms with Gasteiger partial charge >= 0.3 is 0 Å². The van der Waals surface area contributed by atoms with Crippen LogP contribution in [0.3, 0.4) is 0 Å². The third kappa shape index (κ3) is 4.76. The van der Waals surface area contributed by atoms with Gasteiger partial charge in [-0.25, -0.2) is 0 Å². The van der Waals surface area contributed by atoms with E-state index in [-0.39, 0.29) is 23.8 Å². The van der Waals surface area contributed by atoms with Crippen molar-refractivity contribution in [3.8, 4) is 23.0 Å². The van der Waals surface area contributed by atoms with E-state index in [4.69, 9.17) is 9.47 Å². The third-order valence-electron chi connectivity index (χ3n) is 7.86. The van der Waals surface area contributed by atoms with Crippen LogP contribution in [0.1, 0.15) is 34.6 Å². The van der Waals surface area contributed by atoms with E-state index in [2.05, 4.69) is 56.8 Å². The van der Waals surface area contributed by atoms with Crippen molar-refractivity contribution >= 4 is 11.4 Å². The molecule has 4 N–H and O–H groups in total. The van der Waals surface area contributed by atoms with Gasteiger partial charge in [0.2, 0.25) is 0 Å². The van der Waals surface area contributed by atoms with Crippen LogP contribution in [0.25, 0.3) is 0 Å². The zero-order valence-electron chi connectivity index (χ0n) is 22.7. The summed E-state index contributed by atoms with van der Waals surface area (Å²) in [7, 11) is 3.13. The molecule has 4 aromatic carbocycles. The van der Waals surface area contributed by atoms with Crippen LogP contribution < -0.4 is 20.1 Å². The molecule has 6 rings (SSSR count). The number of aromatic hydroxyl groups is 2. The van der Waals surface area contributed by atoms with Crippen molar-refractivity contribution in [2.45, 2.75) is 25.4 Å². The molecule has 8 heteroatoms. The number of methoxy groups -OCH3 is 2. The standard InChI is InChI=1S/C32H34N4O4/c1-39-27-15-7-11-23(29(27)37)31-33-25-13-5-3-9-21(25)19-35(31)17-18-36-20-22-10-4-6-14-26(22)34-32(36)24-12-8-16-28(40-2)30(24)38/h3-16,31-34,37-38H,17-20H2,1-2H3. The summed E-state index contributed by atoms with van der Waals surface area (Å²) in [6.07, 6.45) is -0.502. The number of rotatable bonds is 7. The third-order valence-corrected chi connectivity index (χ3v) is 7.86. The van der Waals surface area contributed by atoms with Gasteiger partial charge < -0.3 is 30.3 Å². The Bertz CT molecular complexity index is 1400. The van der Waals surface area contributed by atoms with Gasteiger partial charge in [0.1, 0.15) is 12.3 Å². The molecule has 4 aromatic rings. The lowest BCUT2D eigenvalue weighted by Gasteiger charge is -2.42. The number of hydrogen-bond acceptors (Lipinski definition) is 8. The lowest BCUT2D eigenvalue weighted by molar-refractivity contribution is 0.129. The summed E-state index contributed by atoms with van der Waals surface area (Å²) < 4.78 is 10.8. The highest BCUT2D eigenvalue weighted by molar-refractivity contribution is 5.58. The largest absolute Gasteiger partial charge is 0.504 e. The molecule has 0 saturated carbocycles. The van der Waals surface area contributed by atoms with E-state index in [1.54, 1.807) is 26.4 Å². The van der Waals surface area contributed by atoms with E-state index < -0.39 is 0 Å². The van der Waals surface area contributed by atoms with Crippen LogP contribution in [0.5, 0.6) is 23.0 Å². The Morgan fingerprint density at radius 1 is 0.625 bits per heavy atom. The molecule has 2 aliphatic heterocycles. The van der Waals surface area contributed by atoms with E-state index in [1.807, 2.05) is 36.4 Å². The molecule has 0 aliphatic carbocycles. The van der Waals surface area contributed by atoms with E-state index in [0.717, 1.165) is 35.6 Å². The smallest absolute Gasteiger partial charge is 0.164 e. The normalized spacial score (nSPS) is 18.6. The summed E-state index contributed by atoms with van der Waals surface area (Å²) >= 11 is 0. The van der Waals surface area contributed by atoms with Gasteiger partial charge in [0, 0.05) is 48.7 Å². The van der Waals surface area contributed by atoms with Crippen LogP contribution in [0.4, 0.5) is 11.4 Å². The summed E-state index contributed by atoms with van der Waals surface area (Å²) in [6, 6.07) is 27.8. The molecular weight excluding hydrogens is 504 g/mol. The molecule has 206 valence electrons. The molecular formula is C32H34N4O4. The van der Waals surface area contributed by atoms with E-state index in [0.29, 0.717) is 24.6 Å². The van der Waals surface area contributed by atoms with Crippen molar-refractivity contribution in [1.82, 2.24) is 9.80 Å². The number of fused-ring (bicyclic) bond motifs is 2. The van der Waals surface area contributed by atoms with Crippen molar-refractivity contribution < 1.29 is 19.7 Å². The zero-order valence-corrected chi connectivity index (χ0v) is 22.7. The number of phenolic OH excluding ortho intramolecular Hbond substituents is 2. The van der Waals surface area contributed by atoms with Gasteiger partial charge in [-0.15, -0.1) is 0 Å². The number of hydrogen-bond donors (Lipinski definition) is 4. The maximum absolute atomic E-state index is 11.1. The molecule has 0 amide bonds. The van der Waals surface area contributed by atoms with Gasteiger partial charge in [-0.1, -0.05) is 60.7 Å². The highest BCUT2D eigenvalue weighted by atomic mass is 16.5. The van der Waals surface area contributed by atoms with Crippen LogP contribution in [-0.2, 0) is 13.1 Å². The van der Waals surface area contributed by atoms with Gasteiger partial charge in [0.05, 0.1) is 14.2 Å². The first kappa shape index (κ1) is 25.9. The Labute approximate surface area is 234 Å². The Balaban J connectivity index is 1.33. The minimum atomic E-state index is -0.251. The SMILES string of the molecule is COc1cccc(C2Nc3ccccc3CN2CCN2Cc3ccccc3NC2c2cccc(OC)c2O)c1O. The highest BCUT2D eigenvalue weighted by Crippen LogP contribution is 2.42. The van der Waals surface area contributed by atoms with Gasteiger partial charge in [-0.2, -0.15) is 0 Å². The van der Waals surface area contributed by atoms with Crippen LogP contribution in [0.2, 0.25) is 0 Å². The van der Waals surface area contributed by atoms with Crippen LogP contribution in [-0.4, -0.2) is 47.3 Å². The molecule has 0 saturated heterocycles. The van der Waals surface area contributed by atoms with E-state index in [1.165, 1.54) is 11.1 Å². The fourth-order valence-electron chi connectivity index (χ4n) is 5.77. The molecule has 0 fully saturated rings. The number of nitrogens with one attached hydrogen (secondary N) is 2. The Hall–Kier alpha value is -4.40. The van der Waals surface area contributed by atoms with Crippen molar-refractivity contribution in [3.05, 3.63) is 107 Å². The Morgan fingerprint density at radius 3 is 1.48 bits per heavy atom. The minimum Gasteiger partial charge on any atom is -0.504 e. The van der Waals surface area contributed by atoms with Crippen LogP contribution in [0.15, 0.2) is 84.9 Å². The first-order chi connectivity index (χ1) is 19.6. The number of nitrogens with zero attached hydrogens (tertiary/aromatic N) is 2. The summed E-state index contributed by atoms with van der Waals surface area (Å²) in [4.78, 5) is 4.67. The maximum Gasteiger partial charge on any atom is 0.164 e. The molecule has 2 aliphatic rings. The van der Waals surface area contributed by atoms with Crippen LogP contribution >= 0.6 is 0 Å². The number of benzene rings is 4. The average molecular weight is 539 g/mol. The summed E-state index contributed by atoms with van der Waals surface area (Å²) in [5.41, 5.74) is 6.03.